The van der Waals surface area contributed by atoms with E-state index >= 15 is 0 Å². The van der Waals surface area contributed by atoms with Crippen LogP contribution in [0.5, 0.6) is 0 Å². The van der Waals surface area contributed by atoms with Crippen LogP contribution < -0.4 is 0 Å². The van der Waals surface area contributed by atoms with E-state index < -0.39 is 0 Å². The third kappa shape index (κ3) is 1.40. The van der Waals surface area contributed by atoms with Crippen LogP contribution in [0.25, 0.3) is 22.3 Å². The minimum atomic E-state index is -0.211. The topological polar surface area (TPSA) is 0 Å². The molecule has 115 valence electrons. The molecule has 2 aliphatic rings. The van der Waals surface area contributed by atoms with E-state index in [1.54, 1.807) is 0 Å². The monoisotopic (exact) mass is 315 g/mol. The molecule has 0 unspecified atom stereocenters. The third-order valence-corrected chi connectivity index (χ3v) is 5.81. The van der Waals surface area contributed by atoms with Crippen molar-refractivity contribution in [2.24, 2.45) is 0 Å². The molecule has 25 heavy (non-hydrogen) atoms. The Morgan fingerprint density at radius 3 is 1.60 bits per heavy atom. The van der Waals surface area contributed by atoms with Crippen molar-refractivity contribution in [3.8, 4) is 22.3 Å². The summed E-state index contributed by atoms with van der Waals surface area (Å²) in [6, 6.07) is 36.5. The van der Waals surface area contributed by atoms with Crippen LogP contribution in [0.1, 0.15) is 22.3 Å². The molecule has 0 nitrogen and oxygen atoms in total. The van der Waals surface area contributed by atoms with E-state index in [-0.39, 0.29) is 5.41 Å². The van der Waals surface area contributed by atoms with E-state index in [1.807, 2.05) is 6.07 Å². The van der Waals surface area contributed by atoms with Crippen molar-refractivity contribution >= 4 is 0 Å². The Labute approximate surface area is 147 Å². The van der Waals surface area contributed by atoms with Crippen molar-refractivity contribution in [2.45, 2.75) is 5.41 Å². The molecule has 0 heteroatoms. The summed E-state index contributed by atoms with van der Waals surface area (Å²) < 4.78 is 0. The number of fused-ring (bicyclic) bond motifs is 10. The van der Waals surface area contributed by atoms with Crippen LogP contribution in [0.2, 0.25) is 0 Å². The van der Waals surface area contributed by atoms with Gasteiger partial charge in [0.2, 0.25) is 0 Å². The van der Waals surface area contributed by atoms with E-state index in [0.717, 1.165) is 0 Å². The van der Waals surface area contributed by atoms with Gasteiger partial charge < -0.3 is 0 Å². The molecule has 0 heterocycles. The van der Waals surface area contributed by atoms with Crippen molar-refractivity contribution in [1.82, 2.24) is 0 Å². The van der Waals surface area contributed by atoms with Gasteiger partial charge in [0.25, 0.3) is 0 Å². The molecular formula is C25H15. The van der Waals surface area contributed by atoms with Crippen LogP contribution in [0.15, 0.2) is 91.0 Å². The lowest BCUT2D eigenvalue weighted by atomic mass is 9.70. The summed E-state index contributed by atoms with van der Waals surface area (Å²) in [6.07, 6.45) is 0. The lowest BCUT2D eigenvalue weighted by Gasteiger charge is -2.30. The number of rotatable bonds is 0. The predicted molar refractivity (Wildman–Crippen MR) is 102 cm³/mol. The molecule has 1 radical (unpaired) electrons. The maximum absolute atomic E-state index is 3.52. The molecule has 0 fully saturated rings. The largest absolute Gasteiger partial charge is 0.0725 e. The van der Waals surface area contributed by atoms with Crippen LogP contribution in [-0.2, 0) is 5.41 Å². The summed E-state index contributed by atoms with van der Waals surface area (Å²) in [5.41, 5.74) is 10.6. The van der Waals surface area contributed by atoms with Crippen molar-refractivity contribution < 1.29 is 0 Å². The maximum Gasteiger partial charge on any atom is 0.0725 e. The van der Waals surface area contributed by atoms with E-state index in [1.165, 1.54) is 44.5 Å². The first-order chi connectivity index (χ1) is 12.4. The van der Waals surface area contributed by atoms with Crippen LogP contribution in [-0.4, -0.2) is 0 Å². The zero-order chi connectivity index (χ0) is 16.4. The van der Waals surface area contributed by atoms with Crippen LogP contribution in [0.4, 0.5) is 0 Å². The molecule has 0 N–H and O–H groups in total. The molecule has 4 aromatic carbocycles. The average Bonchev–Trinajstić information content (AvgIpc) is 3.16. The van der Waals surface area contributed by atoms with Gasteiger partial charge in [-0.15, -0.1) is 0 Å². The molecule has 0 aliphatic heterocycles. The lowest BCUT2D eigenvalue weighted by Crippen LogP contribution is -2.25. The lowest BCUT2D eigenvalue weighted by molar-refractivity contribution is 0.793. The van der Waals surface area contributed by atoms with E-state index in [4.69, 9.17) is 0 Å². The van der Waals surface area contributed by atoms with Gasteiger partial charge >= 0.3 is 0 Å². The molecule has 1 spiro atoms. The zero-order valence-electron chi connectivity index (χ0n) is 13.7. The highest BCUT2D eigenvalue weighted by molar-refractivity contribution is 5.94. The Bertz CT molecular complexity index is 962. The van der Waals surface area contributed by atoms with Gasteiger partial charge in [0, 0.05) is 0 Å². The highest BCUT2D eigenvalue weighted by atomic mass is 14.5. The zero-order valence-corrected chi connectivity index (χ0v) is 13.7. The Kier molecular flexibility index (Phi) is 2.37. The van der Waals surface area contributed by atoms with E-state index in [0.29, 0.717) is 0 Å². The fourth-order valence-corrected chi connectivity index (χ4v) is 4.96. The summed E-state index contributed by atoms with van der Waals surface area (Å²) >= 11 is 0. The first-order valence-corrected chi connectivity index (χ1v) is 8.73. The summed E-state index contributed by atoms with van der Waals surface area (Å²) in [6.45, 7) is 0. The van der Waals surface area contributed by atoms with Gasteiger partial charge in [-0.05, 0) is 50.6 Å². The molecular weight excluding hydrogens is 300 g/mol. The Morgan fingerprint density at radius 2 is 0.960 bits per heavy atom. The first-order valence-electron chi connectivity index (χ1n) is 8.73. The second kappa shape index (κ2) is 4.49. The van der Waals surface area contributed by atoms with Gasteiger partial charge in [-0.3, -0.25) is 0 Å². The Balaban J connectivity index is 1.89. The van der Waals surface area contributed by atoms with Crippen LogP contribution in [0.3, 0.4) is 0 Å². The SMILES string of the molecule is [c]1cccc2c1-c1ccccc1C21c2ccccc2-c2ccccc21. The second-order valence-corrected chi connectivity index (χ2v) is 6.85. The Hall–Kier alpha value is -3.12. The van der Waals surface area contributed by atoms with Crippen molar-refractivity contribution in [3.63, 3.8) is 0 Å². The highest BCUT2D eigenvalue weighted by Crippen LogP contribution is 2.62. The Morgan fingerprint density at radius 1 is 0.480 bits per heavy atom. The van der Waals surface area contributed by atoms with Gasteiger partial charge in [0.15, 0.2) is 0 Å². The van der Waals surface area contributed by atoms with E-state index in [9.17, 15) is 0 Å². The first kappa shape index (κ1) is 13.2. The summed E-state index contributed by atoms with van der Waals surface area (Å²) in [7, 11) is 0. The van der Waals surface area contributed by atoms with Gasteiger partial charge in [-0.1, -0.05) is 91.0 Å². The van der Waals surface area contributed by atoms with Crippen LogP contribution in [0, 0.1) is 6.07 Å². The number of hydrogen-bond donors (Lipinski definition) is 0. The molecule has 0 aromatic heterocycles. The van der Waals surface area contributed by atoms with Crippen LogP contribution >= 0.6 is 0 Å². The molecule has 0 atom stereocenters. The molecule has 0 amide bonds. The molecule has 2 aliphatic carbocycles. The van der Waals surface area contributed by atoms with Gasteiger partial charge in [-0.2, -0.15) is 0 Å². The third-order valence-electron chi connectivity index (χ3n) is 5.81. The molecule has 0 bridgehead atoms. The number of hydrogen-bond acceptors (Lipinski definition) is 0. The van der Waals surface area contributed by atoms with Crippen molar-refractivity contribution in [1.29, 1.82) is 0 Å². The van der Waals surface area contributed by atoms with Gasteiger partial charge in [-0.25, -0.2) is 0 Å². The standard InChI is InChI=1S/C25H15/c1-5-13-21-17(9-1)18-10-2-6-14-22(18)25(21)23-15-7-3-11-19(23)20-12-4-8-16-24(20)25/h1-11,13-16H. The number of benzene rings is 4. The van der Waals surface area contributed by atoms with Crippen molar-refractivity contribution in [3.05, 3.63) is 119 Å². The highest BCUT2D eigenvalue weighted by Gasteiger charge is 2.51. The fraction of sp³-hybridized carbons (Fsp3) is 0.0400. The quantitative estimate of drug-likeness (QED) is 0.331. The second-order valence-electron chi connectivity index (χ2n) is 6.85. The van der Waals surface area contributed by atoms with Gasteiger partial charge in [0.05, 0.1) is 5.41 Å². The average molecular weight is 315 g/mol. The molecule has 4 aromatic rings. The van der Waals surface area contributed by atoms with E-state index in [2.05, 4.69) is 91.0 Å². The normalized spacial score (nSPS) is 14.7. The minimum absolute atomic E-state index is 0.211. The summed E-state index contributed by atoms with van der Waals surface area (Å²) in [5, 5.41) is 0. The van der Waals surface area contributed by atoms with Gasteiger partial charge in [0.1, 0.15) is 0 Å². The maximum atomic E-state index is 3.52. The summed E-state index contributed by atoms with van der Waals surface area (Å²) in [5.74, 6) is 0. The van der Waals surface area contributed by atoms with Crippen molar-refractivity contribution in [2.75, 3.05) is 0 Å². The predicted octanol–water partition coefficient (Wildman–Crippen LogP) is 5.83. The molecule has 0 saturated heterocycles. The fourth-order valence-electron chi connectivity index (χ4n) is 4.96. The summed E-state index contributed by atoms with van der Waals surface area (Å²) in [4.78, 5) is 0. The smallest absolute Gasteiger partial charge is 0.0619 e. The minimum Gasteiger partial charge on any atom is -0.0619 e. The molecule has 0 saturated carbocycles. The molecule has 6 rings (SSSR count).